The van der Waals surface area contributed by atoms with Gasteiger partial charge in [-0.2, -0.15) is 0 Å². The molecular formula is C16H17ClN2O2. The summed E-state index contributed by atoms with van der Waals surface area (Å²) in [5.41, 5.74) is 1.56. The van der Waals surface area contributed by atoms with Crippen molar-refractivity contribution < 1.29 is 9.53 Å². The van der Waals surface area contributed by atoms with Crippen molar-refractivity contribution in [2.45, 2.75) is 5.92 Å². The number of rotatable bonds is 6. The van der Waals surface area contributed by atoms with E-state index in [0.29, 0.717) is 23.9 Å². The Labute approximate surface area is 129 Å². The minimum absolute atomic E-state index is 0.104. The molecule has 4 nitrogen and oxygen atoms in total. The fourth-order valence-electron chi connectivity index (χ4n) is 2.04. The summed E-state index contributed by atoms with van der Waals surface area (Å²) >= 11 is 5.91. The van der Waals surface area contributed by atoms with Crippen molar-refractivity contribution in [2.24, 2.45) is 0 Å². The van der Waals surface area contributed by atoms with Gasteiger partial charge in [0.2, 0.25) is 5.91 Å². The smallest absolute Gasteiger partial charge is 0.233 e. The van der Waals surface area contributed by atoms with Gasteiger partial charge in [-0.3, -0.25) is 9.78 Å². The SMILES string of the molecule is COCCNC(=O)C(c1ccc(Cl)cc1)c1ccccn1. The maximum Gasteiger partial charge on any atom is 0.233 e. The first-order chi connectivity index (χ1) is 10.2. The van der Waals surface area contributed by atoms with Crippen LogP contribution >= 0.6 is 11.6 Å². The second-order valence-corrected chi connectivity index (χ2v) is 4.96. The van der Waals surface area contributed by atoms with Gasteiger partial charge in [-0.15, -0.1) is 0 Å². The lowest BCUT2D eigenvalue weighted by Crippen LogP contribution is -2.32. The second-order valence-electron chi connectivity index (χ2n) is 4.52. The van der Waals surface area contributed by atoms with Gasteiger partial charge in [0.1, 0.15) is 5.92 Å². The van der Waals surface area contributed by atoms with Crippen LogP contribution in [0.15, 0.2) is 48.7 Å². The Balaban J connectivity index is 2.26. The zero-order chi connectivity index (χ0) is 15.1. The lowest BCUT2D eigenvalue weighted by atomic mass is 9.94. The summed E-state index contributed by atoms with van der Waals surface area (Å²) < 4.78 is 4.95. The third-order valence-corrected chi connectivity index (χ3v) is 3.31. The molecule has 0 saturated heterocycles. The predicted molar refractivity (Wildman–Crippen MR) is 82.4 cm³/mol. The van der Waals surface area contributed by atoms with E-state index in [9.17, 15) is 4.79 Å². The molecule has 0 aliphatic carbocycles. The van der Waals surface area contributed by atoms with Crippen LogP contribution in [-0.4, -0.2) is 31.2 Å². The number of ether oxygens (including phenoxy) is 1. The molecule has 0 aliphatic heterocycles. The van der Waals surface area contributed by atoms with Crippen LogP contribution < -0.4 is 5.32 Å². The first-order valence-corrected chi connectivity index (χ1v) is 7.03. The van der Waals surface area contributed by atoms with Crippen LogP contribution in [0.4, 0.5) is 0 Å². The van der Waals surface area contributed by atoms with Crippen LogP contribution in [0.2, 0.25) is 5.02 Å². The molecular weight excluding hydrogens is 288 g/mol. The third kappa shape index (κ3) is 4.28. The molecule has 0 bridgehead atoms. The highest BCUT2D eigenvalue weighted by atomic mass is 35.5. The molecule has 5 heteroatoms. The van der Waals surface area contributed by atoms with Gasteiger partial charge in [0.05, 0.1) is 12.3 Å². The number of carbonyl (C=O) groups is 1. The summed E-state index contributed by atoms with van der Waals surface area (Å²) in [6.07, 6.45) is 1.68. The van der Waals surface area contributed by atoms with Crippen molar-refractivity contribution in [1.82, 2.24) is 10.3 Å². The van der Waals surface area contributed by atoms with E-state index in [0.717, 1.165) is 5.56 Å². The minimum atomic E-state index is -0.458. The maximum absolute atomic E-state index is 12.5. The molecule has 0 radical (unpaired) electrons. The lowest BCUT2D eigenvalue weighted by molar-refractivity contribution is -0.121. The van der Waals surface area contributed by atoms with Crippen molar-refractivity contribution in [1.29, 1.82) is 0 Å². The highest BCUT2D eigenvalue weighted by Crippen LogP contribution is 2.24. The Kier molecular flexibility index (Phi) is 5.72. The number of hydrogen-bond donors (Lipinski definition) is 1. The molecule has 1 aromatic heterocycles. The summed E-state index contributed by atoms with van der Waals surface area (Å²) in [5, 5.41) is 3.50. The van der Waals surface area contributed by atoms with Crippen molar-refractivity contribution in [3.63, 3.8) is 0 Å². The van der Waals surface area contributed by atoms with Crippen LogP contribution in [0.1, 0.15) is 17.2 Å². The Morgan fingerprint density at radius 3 is 2.67 bits per heavy atom. The molecule has 0 fully saturated rings. The normalized spacial score (nSPS) is 11.9. The molecule has 1 amide bonds. The number of halogens is 1. The van der Waals surface area contributed by atoms with Crippen LogP contribution in [-0.2, 0) is 9.53 Å². The molecule has 1 aromatic carbocycles. The zero-order valence-electron chi connectivity index (χ0n) is 11.8. The van der Waals surface area contributed by atoms with E-state index in [1.54, 1.807) is 25.4 Å². The number of aromatic nitrogens is 1. The van der Waals surface area contributed by atoms with Gasteiger partial charge in [-0.05, 0) is 29.8 Å². The van der Waals surface area contributed by atoms with Gasteiger partial charge in [-0.25, -0.2) is 0 Å². The Morgan fingerprint density at radius 1 is 1.29 bits per heavy atom. The van der Waals surface area contributed by atoms with Crippen LogP contribution in [0.25, 0.3) is 0 Å². The van der Waals surface area contributed by atoms with E-state index in [1.165, 1.54) is 0 Å². The van der Waals surface area contributed by atoms with Crippen molar-refractivity contribution in [3.05, 3.63) is 64.9 Å². The van der Waals surface area contributed by atoms with Gasteiger partial charge in [0.25, 0.3) is 0 Å². The van der Waals surface area contributed by atoms with Gasteiger partial charge < -0.3 is 10.1 Å². The average Bonchev–Trinajstić information content (AvgIpc) is 2.51. The van der Waals surface area contributed by atoms with E-state index in [2.05, 4.69) is 10.3 Å². The largest absolute Gasteiger partial charge is 0.383 e. The molecule has 0 spiro atoms. The number of benzene rings is 1. The molecule has 1 heterocycles. The molecule has 21 heavy (non-hydrogen) atoms. The molecule has 0 aliphatic rings. The fraction of sp³-hybridized carbons (Fsp3) is 0.250. The summed E-state index contributed by atoms with van der Waals surface area (Å²) in [6.45, 7) is 0.938. The number of nitrogens with zero attached hydrogens (tertiary/aromatic N) is 1. The Bertz CT molecular complexity index is 573. The number of carbonyl (C=O) groups excluding carboxylic acids is 1. The minimum Gasteiger partial charge on any atom is -0.383 e. The summed E-state index contributed by atoms with van der Waals surface area (Å²) in [5.74, 6) is -0.562. The third-order valence-electron chi connectivity index (χ3n) is 3.05. The first-order valence-electron chi connectivity index (χ1n) is 6.65. The second kappa shape index (κ2) is 7.76. The quantitative estimate of drug-likeness (QED) is 0.835. The molecule has 2 aromatic rings. The predicted octanol–water partition coefficient (Wildman–Crippen LogP) is 2.63. The highest BCUT2D eigenvalue weighted by Gasteiger charge is 2.23. The van der Waals surface area contributed by atoms with Crippen molar-refractivity contribution in [2.75, 3.05) is 20.3 Å². The average molecular weight is 305 g/mol. The zero-order valence-corrected chi connectivity index (χ0v) is 12.5. The molecule has 1 atom stereocenters. The highest BCUT2D eigenvalue weighted by molar-refractivity contribution is 6.30. The molecule has 2 rings (SSSR count). The Morgan fingerprint density at radius 2 is 2.05 bits per heavy atom. The summed E-state index contributed by atoms with van der Waals surface area (Å²) in [7, 11) is 1.60. The van der Waals surface area contributed by atoms with E-state index >= 15 is 0 Å². The molecule has 0 saturated carbocycles. The fourth-order valence-corrected chi connectivity index (χ4v) is 2.16. The van der Waals surface area contributed by atoms with Gasteiger partial charge in [-0.1, -0.05) is 29.8 Å². The monoisotopic (exact) mass is 304 g/mol. The number of hydrogen-bond acceptors (Lipinski definition) is 3. The van der Waals surface area contributed by atoms with Crippen molar-refractivity contribution in [3.8, 4) is 0 Å². The van der Waals surface area contributed by atoms with Gasteiger partial charge >= 0.3 is 0 Å². The van der Waals surface area contributed by atoms with E-state index in [4.69, 9.17) is 16.3 Å². The lowest BCUT2D eigenvalue weighted by Gasteiger charge is -2.17. The summed E-state index contributed by atoms with van der Waals surface area (Å²) in [4.78, 5) is 16.8. The molecule has 1 unspecified atom stereocenters. The van der Waals surface area contributed by atoms with E-state index in [-0.39, 0.29) is 5.91 Å². The summed E-state index contributed by atoms with van der Waals surface area (Å²) in [6, 6.07) is 12.8. The Hall–Kier alpha value is -1.91. The van der Waals surface area contributed by atoms with Crippen LogP contribution in [0.3, 0.4) is 0 Å². The van der Waals surface area contributed by atoms with E-state index < -0.39 is 5.92 Å². The van der Waals surface area contributed by atoms with Crippen LogP contribution in [0, 0.1) is 0 Å². The van der Waals surface area contributed by atoms with Gasteiger partial charge in [0.15, 0.2) is 0 Å². The van der Waals surface area contributed by atoms with Crippen molar-refractivity contribution >= 4 is 17.5 Å². The number of amides is 1. The number of pyridine rings is 1. The first kappa shape index (κ1) is 15.5. The standard InChI is InChI=1S/C16H17ClN2O2/c1-21-11-10-19-16(20)15(14-4-2-3-9-18-14)12-5-7-13(17)8-6-12/h2-9,15H,10-11H2,1H3,(H,19,20). The van der Waals surface area contributed by atoms with Gasteiger partial charge in [0, 0.05) is 24.9 Å². The van der Waals surface area contributed by atoms with Crippen LogP contribution in [0.5, 0.6) is 0 Å². The van der Waals surface area contributed by atoms with E-state index in [1.807, 2.05) is 30.3 Å². The number of methoxy groups -OCH3 is 1. The molecule has 1 N–H and O–H groups in total. The number of nitrogens with one attached hydrogen (secondary N) is 1. The molecule has 110 valence electrons. The maximum atomic E-state index is 12.5. The topological polar surface area (TPSA) is 51.2 Å².